The van der Waals surface area contributed by atoms with E-state index in [2.05, 4.69) is 33.0 Å². The molecule has 0 bridgehead atoms. The maximum atomic E-state index is 11.9. The lowest BCUT2D eigenvalue weighted by atomic mass is 10.1. The maximum absolute atomic E-state index is 11.9. The number of anilines is 1. The molecule has 2 aromatic rings. The fourth-order valence-electron chi connectivity index (χ4n) is 2.17. The average molecular weight is 408 g/mol. The maximum Gasteiger partial charge on any atom is 0.247 e. The molecule has 0 fully saturated rings. The molecule has 1 aromatic heterocycles. The molecular weight excluding hydrogens is 386 g/mol. The molecule has 2 N–H and O–H groups in total. The van der Waals surface area contributed by atoms with Gasteiger partial charge in [0.15, 0.2) is 0 Å². The smallest absolute Gasteiger partial charge is 0.247 e. The van der Waals surface area contributed by atoms with E-state index in [-0.39, 0.29) is 18.2 Å². The highest BCUT2D eigenvalue weighted by Crippen LogP contribution is 2.16. The fourth-order valence-corrected chi connectivity index (χ4v) is 3.05. The summed E-state index contributed by atoms with van der Waals surface area (Å²) in [6, 6.07) is 7.07. The predicted octanol–water partition coefficient (Wildman–Crippen LogP) is 3.79. The Labute approximate surface area is 167 Å². The van der Waals surface area contributed by atoms with Crippen molar-refractivity contribution in [2.75, 3.05) is 5.32 Å². The molecule has 0 saturated heterocycles. The van der Waals surface area contributed by atoms with Gasteiger partial charge in [-0.15, -0.1) is 10.2 Å². The van der Waals surface area contributed by atoms with Crippen LogP contribution in [0.5, 0.6) is 0 Å². The lowest BCUT2D eigenvalue weighted by Gasteiger charge is -2.00. The van der Waals surface area contributed by atoms with Crippen LogP contribution < -0.4 is 10.7 Å². The number of nitrogens with one attached hydrogen (secondary N) is 2. The zero-order valence-corrected chi connectivity index (χ0v) is 16.6. The normalized spacial score (nSPS) is 10.9. The van der Waals surface area contributed by atoms with Crippen molar-refractivity contribution >= 4 is 46.1 Å². The fraction of sp³-hybridized carbons (Fsp3) is 0.389. The second-order valence-electron chi connectivity index (χ2n) is 5.88. The monoisotopic (exact) mass is 407 g/mol. The van der Waals surface area contributed by atoms with Crippen molar-refractivity contribution in [3.63, 3.8) is 0 Å². The van der Waals surface area contributed by atoms with Gasteiger partial charge < -0.3 is 5.32 Å². The van der Waals surface area contributed by atoms with Crippen LogP contribution in [0.25, 0.3) is 0 Å². The molecule has 27 heavy (non-hydrogen) atoms. The summed E-state index contributed by atoms with van der Waals surface area (Å²) in [5.41, 5.74) is 3.25. The predicted molar refractivity (Wildman–Crippen MR) is 108 cm³/mol. The van der Waals surface area contributed by atoms with E-state index in [9.17, 15) is 9.59 Å². The lowest BCUT2D eigenvalue weighted by molar-refractivity contribution is -0.120. The standard InChI is InChI=1S/C18H22ClN5O2S/c1-2-3-4-5-6-15(25)21-18-24-23-17(27-18)11-16(26)22-20-12-13-7-9-14(19)10-8-13/h7-10,12H,2-6,11H2,1H3,(H,22,26)(H,21,24,25)/b20-12-. The van der Waals surface area contributed by atoms with Crippen molar-refractivity contribution < 1.29 is 9.59 Å². The molecule has 0 unspecified atom stereocenters. The second kappa shape index (κ2) is 11.4. The number of hydrogen-bond donors (Lipinski definition) is 2. The van der Waals surface area contributed by atoms with Crippen molar-refractivity contribution in [3.8, 4) is 0 Å². The van der Waals surface area contributed by atoms with Gasteiger partial charge in [0, 0.05) is 11.4 Å². The van der Waals surface area contributed by atoms with E-state index in [4.69, 9.17) is 11.6 Å². The molecule has 0 spiro atoms. The number of hydrogen-bond acceptors (Lipinski definition) is 6. The molecule has 0 aliphatic carbocycles. The number of halogens is 1. The van der Waals surface area contributed by atoms with Crippen molar-refractivity contribution in [1.29, 1.82) is 0 Å². The Kier molecular flexibility index (Phi) is 8.86. The van der Waals surface area contributed by atoms with Gasteiger partial charge in [0.1, 0.15) is 5.01 Å². The summed E-state index contributed by atoms with van der Waals surface area (Å²) in [5.74, 6) is -0.389. The van der Waals surface area contributed by atoms with E-state index in [0.29, 0.717) is 21.6 Å². The van der Waals surface area contributed by atoms with Crippen LogP contribution in [-0.4, -0.2) is 28.2 Å². The van der Waals surface area contributed by atoms with Crippen LogP contribution in [0, 0.1) is 0 Å². The molecule has 1 aromatic carbocycles. The quantitative estimate of drug-likeness (QED) is 0.355. The number of hydrazone groups is 1. The van der Waals surface area contributed by atoms with Crippen LogP contribution in [-0.2, 0) is 16.0 Å². The number of aromatic nitrogens is 2. The van der Waals surface area contributed by atoms with Gasteiger partial charge in [0.2, 0.25) is 16.9 Å². The lowest BCUT2D eigenvalue weighted by Crippen LogP contribution is -2.19. The summed E-state index contributed by atoms with van der Waals surface area (Å²) in [7, 11) is 0. The van der Waals surface area contributed by atoms with Crippen molar-refractivity contribution in [3.05, 3.63) is 39.9 Å². The van der Waals surface area contributed by atoms with Gasteiger partial charge in [-0.3, -0.25) is 9.59 Å². The number of amides is 2. The summed E-state index contributed by atoms with van der Waals surface area (Å²) < 4.78 is 0. The van der Waals surface area contributed by atoms with Gasteiger partial charge in [0.05, 0.1) is 12.6 Å². The van der Waals surface area contributed by atoms with Gasteiger partial charge in [-0.05, 0) is 24.1 Å². The van der Waals surface area contributed by atoms with Crippen molar-refractivity contribution in [1.82, 2.24) is 15.6 Å². The zero-order valence-electron chi connectivity index (χ0n) is 15.1. The minimum absolute atomic E-state index is 0.0436. The van der Waals surface area contributed by atoms with E-state index in [0.717, 1.165) is 31.2 Å². The first-order chi connectivity index (χ1) is 13.1. The number of rotatable bonds is 10. The first kappa shape index (κ1) is 21.0. The molecule has 2 rings (SSSR count). The summed E-state index contributed by atoms with van der Waals surface area (Å²) in [5, 5.41) is 16.0. The van der Waals surface area contributed by atoms with Crippen molar-refractivity contribution in [2.24, 2.45) is 5.10 Å². The van der Waals surface area contributed by atoms with E-state index < -0.39 is 0 Å². The van der Waals surface area contributed by atoms with Gasteiger partial charge in [-0.25, -0.2) is 5.43 Å². The molecule has 2 amide bonds. The van der Waals surface area contributed by atoms with Crippen LogP contribution in [0.2, 0.25) is 5.02 Å². The number of nitrogens with zero attached hydrogens (tertiary/aromatic N) is 3. The summed E-state index contributed by atoms with van der Waals surface area (Å²) in [4.78, 5) is 23.7. The highest BCUT2D eigenvalue weighted by atomic mass is 35.5. The molecule has 7 nitrogen and oxygen atoms in total. The van der Waals surface area contributed by atoms with Gasteiger partial charge in [-0.2, -0.15) is 5.10 Å². The molecule has 0 aliphatic rings. The Bertz CT molecular complexity index is 776. The third-order valence-corrected chi connectivity index (χ3v) is 4.65. The van der Waals surface area contributed by atoms with Gasteiger partial charge in [0.25, 0.3) is 0 Å². The number of carbonyl (C=O) groups is 2. The van der Waals surface area contributed by atoms with Crippen LogP contribution in [0.1, 0.15) is 49.6 Å². The summed E-state index contributed by atoms with van der Waals surface area (Å²) in [6.45, 7) is 2.13. The van der Waals surface area contributed by atoms with Crippen LogP contribution >= 0.6 is 22.9 Å². The first-order valence-corrected chi connectivity index (χ1v) is 9.96. The molecule has 0 atom stereocenters. The van der Waals surface area contributed by atoms with E-state index >= 15 is 0 Å². The molecule has 0 radical (unpaired) electrons. The third-order valence-electron chi connectivity index (χ3n) is 3.56. The van der Waals surface area contributed by atoms with Crippen LogP contribution in [0.3, 0.4) is 0 Å². The number of unbranched alkanes of at least 4 members (excludes halogenated alkanes) is 3. The van der Waals surface area contributed by atoms with E-state index in [1.807, 2.05) is 0 Å². The van der Waals surface area contributed by atoms with Crippen molar-refractivity contribution in [2.45, 2.75) is 45.4 Å². The molecule has 0 saturated carbocycles. The summed E-state index contributed by atoms with van der Waals surface area (Å²) >= 11 is 6.99. The SMILES string of the molecule is CCCCCCC(=O)Nc1nnc(CC(=O)N/N=C\c2ccc(Cl)cc2)s1. The molecule has 9 heteroatoms. The van der Waals surface area contributed by atoms with Crippen LogP contribution in [0.4, 0.5) is 5.13 Å². The van der Waals surface area contributed by atoms with Gasteiger partial charge in [-0.1, -0.05) is 61.3 Å². The zero-order chi connectivity index (χ0) is 19.5. The third kappa shape index (κ3) is 8.27. The largest absolute Gasteiger partial charge is 0.301 e. The molecule has 1 heterocycles. The molecule has 144 valence electrons. The minimum atomic E-state index is -0.311. The number of carbonyl (C=O) groups excluding carboxylic acids is 2. The van der Waals surface area contributed by atoms with E-state index in [1.54, 1.807) is 24.3 Å². The summed E-state index contributed by atoms with van der Waals surface area (Å²) in [6.07, 6.45) is 6.20. The number of benzene rings is 1. The van der Waals surface area contributed by atoms with E-state index in [1.165, 1.54) is 17.6 Å². The highest BCUT2D eigenvalue weighted by molar-refractivity contribution is 7.15. The van der Waals surface area contributed by atoms with Gasteiger partial charge >= 0.3 is 0 Å². The average Bonchev–Trinajstić information content (AvgIpc) is 3.07. The van der Waals surface area contributed by atoms with Crippen LogP contribution in [0.15, 0.2) is 29.4 Å². The second-order valence-corrected chi connectivity index (χ2v) is 7.38. The Morgan fingerprint density at radius 1 is 1.15 bits per heavy atom. The minimum Gasteiger partial charge on any atom is -0.301 e. The topological polar surface area (TPSA) is 96.3 Å². The Morgan fingerprint density at radius 3 is 2.67 bits per heavy atom. The highest BCUT2D eigenvalue weighted by Gasteiger charge is 2.11. The Hall–Kier alpha value is -2.32. The molecular formula is C18H22ClN5O2S. The Balaban J connectivity index is 1.73. The first-order valence-electron chi connectivity index (χ1n) is 8.76. The molecule has 0 aliphatic heterocycles. The Morgan fingerprint density at radius 2 is 1.93 bits per heavy atom.